The first-order valence-electron chi connectivity index (χ1n) is 0.894. The summed E-state index contributed by atoms with van der Waals surface area (Å²) in [4.78, 5) is 0. The van der Waals surface area contributed by atoms with Crippen LogP contribution in [0, 0.1) is 0 Å². The number of hydrogen-bond donors (Lipinski definition) is 2. The van der Waals surface area contributed by atoms with Crippen LogP contribution >= 0.6 is 0 Å². The van der Waals surface area contributed by atoms with Crippen molar-refractivity contribution in [1.29, 1.82) is 0 Å². The molecule has 0 aliphatic carbocycles. The van der Waals surface area contributed by atoms with E-state index in [9.17, 15) is 0 Å². The molecule has 0 aromatic rings. The first-order chi connectivity index (χ1) is 2.00. The number of aliphatic hydroxyl groups excluding tert-OH is 2. The van der Waals surface area contributed by atoms with Gasteiger partial charge in [-0.15, -0.1) is 0 Å². The molecule has 7 heavy (non-hydrogen) atoms. The van der Waals surface area contributed by atoms with Crippen LogP contribution in [0.5, 0.6) is 0 Å². The summed E-state index contributed by atoms with van der Waals surface area (Å²) in [5.74, 6) is 0. The summed E-state index contributed by atoms with van der Waals surface area (Å²) in [6.45, 7) is 0. The van der Waals surface area contributed by atoms with E-state index >= 15 is 0 Å². The molecule has 0 saturated heterocycles. The summed E-state index contributed by atoms with van der Waals surface area (Å²) < 4.78 is 0. The summed E-state index contributed by atoms with van der Waals surface area (Å²) in [6, 6.07) is 0. The van der Waals surface area contributed by atoms with Crippen LogP contribution in [0.1, 0.15) is 0 Å². The molecule has 0 spiro atoms. The van der Waals surface area contributed by atoms with Crippen LogP contribution in [-0.4, -0.2) is 24.4 Å². The molecular formula is C2H10F2O2Ti. The van der Waals surface area contributed by atoms with Gasteiger partial charge in [-0.3, -0.25) is 9.41 Å². The Bertz CT molecular complexity index is 13.7. The van der Waals surface area contributed by atoms with Crippen LogP contribution in [0.4, 0.5) is 9.41 Å². The van der Waals surface area contributed by atoms with Gasteiger partial charge in [-0.25, -0.2) is 0 Å². The quantitative estimate of drug-likeness (QED) is 0.460. The number of rotatable bonds is 0. The standard InChI is InChI=1S/2CH4O.2FH.Ti/c2*1-2;;;/h2*2H,1H3;2*1H;. The van der Waals surface area contributed by atoms with Crippen LogP contribution in [-0.2, 0) is 21.7 Å². The van der Waals surface area contributed by atoms with Crippen molar-refractivity contribution in [3.8, 4) is 0 Å². The predicted octanol–water partition coefficient (Wildman–Crippen LogP) is -0.480. The van der Waals surface area contributed by atoms with E-state index in [-0.39, 0.29) is 31.1 Å². The van der Waals surface area contributed by atoms with Gasteiger partial charge in [-0.05, 0) is 0 Å². The third kappa shape index (κ3) is 537. The van der Waals surface area contributed by atoms with Gasteiger partial charge in [0, 0.05) is 35.9 Å². The normalized spacial score (nSPS) is 1.71. The maximum atomic E-state index is 7.00. The summed E-state index contributed by atoms with van der Waals surface area (Å²) in [5.41, 5.74) is 0. The number of hydrogen-bond acceptors (Lipinski definition) is 2. The number of aliphatic hydroxyl groups is 2. The fraction of sp³-hybridized carbons (Fsp3) is 1.00. The van der Waals surface area contributed by atoms with Crippen LogP contribution in [0.2, 0.25) is 0 Å². The largest absolute Gasteiger partial charge is 0.400 e. The van der Waals surface area contributed by atoms with Crippen molar-refractivity contribution in [3.05, 3.63) is 0 Å². The summed E-state index contributed by atoms with van der Waals surface area (Å²) in [7, 11) is 2.00. The Labute approximate surface area is 56.2 Å². The van der Waals surface area contributed by atoms with Crippen molar-refractivity contribution < 1.29 is 41.3 Å². The number of halogens is 2. The minimum Gasteiger partial charge on any atom is -0.400 e. The first-order valence-corrected chi connectivity index (χ1v) is 0.894. The third-order valence-corrected chi connectivity index (χ3v) is 0. The molecule has 0 aliphatic heterocycles. The van der Waals surface area contributed by atoms with Gasteiger partial charge in [0.05, 0.1) is 0 Å². The molecule has 0 heterocycles. The summed E-state index contributed by atoms with van der Waals surface area (Å²) in [6.07, 6.45) is 0. The van der Waals surface area contributed by atoms with Gasteiger partial charge in [0.25, 0.3) is 0 Å². The Morgan fingerprint density at radius 2 is 0.714 bits per heavy atom. The van der Waals surface area contributed by atoms with E-state index in [1.165, 1.54) is 0 Å². The maximum absolute atomic E-state index is 7.00. The zero-order valence-electron chi connectivity index (χ0n) is 4.21. The molecular weight excluding hydrogens is 142 g/mol. The Morgan fingerprint density at radius 3 is 0.714 bits per heavy atom. The fourth-order valence-electron chi connectivity index (χ4n) is 0. The first kappa shape index (κ1) is 50.8. The molecule has 0 aromatic heterocycles. The van der Waals surface area contributed by atoms with Crippen molar-refractivity contribution in [2.24, 2.45) is 0 Å². The molecule has 0 radical (unpaired) electrons. The molecule has 0 amide bonds. The summed E-state index contributed by atoms with van der Waals surface area (Å²) >= 11 is 0. The molecule has 0 fully saturated rings. The van der Waals surface area contributed by atoms with Crippen LogP contribution < -0.4 is 0 Å². The fourth-order valence-corrected chi connectivity index (χ4v) is 0. The van der Waals surface area contributed by atoms with Crippen LogP contribution in [0.3, 0.4) is 0 Å². The van der Waals surface area contributed by atoms with E-state index < -0.39 is 0 Å². The molecule has 2 nitrogen and oxygen atoms in total. The monoisotopic (exact) mass is 152 g/mol. The minimum absolute atomic E-state index is 0. The van der Waals surface area contributed by atoms with E-state index in [1.807, 2.05) is 0 Å². The molecule has 0 unspecified atom stereocenters. The molecule has 48 valence electrons. The van der Waals surface area contributed by atoms with Crippen LogP contribution in [0.15, 0.2) is 0 Å². The molecule has 2 N–H and O–H groups in total. The molecule has 0 aromatic carbocycles. The molecule has 0 aliphatic rings. The van der Waals surface area contributed by atoms with Crippen molar-refractivity contribution in [1.82, 2.24) is 0 Å². The Morgan fingerprint density at radius 1 is 0.714 bits per heavy atom. The van der Waals surface area contributed by atoms with Gasteiger partial charge in [0.1, 0.15) is 0 Å². The maximum Gasteiger partial charge on any atom is 0.0319 e. The van der Waals surface area contributed by atoms with Gasteiger partial charge >= 0.3 is 0 Å². The van der Waals surface area contributed by atoms with Gasteiger partial charge in [-0.2, -0.15) is 0 Å². The van der Waals surface area contributed by atoms with Gasteiger partial charge < -0.3 is 10.2 Å². The SMILES string of the molecule is CO.CO.F.F.[Ti]. The Hall–Kier alpha value is 0.494. The summed E-state index contributed by atoms with van der Waals surface area (Å²) in [5, 5.41) is 14.0. The average Bonchev–Trinajstić information content (AvgIpc) is 1.50. The molecule has 5 heteroatoms. The van der Waals surface area contributed by atoms with Gasteiger partial charge in [-0.1, -0.05) is 0 Å². The Balaban J connectivity index is -0.00000000267. The van der Waals surface area contributed by atoms with E-state index in [0.29, 0.717) is 0 Å². The van der Waals surface area contributed by atoms with E-state index in [0.717, 1.165) is 14.2 Å². The topological polar surface area (TPSA) is 40.5 Å². The van der Waals surface area contributed by atoms with Gasteiger partial charge in [0.2, 0.25) is 0 Å². The second-order valence-electron chi connectivity index (χ2n) is 0. The second kappa shape index (κ2) is 802. The van der Waals surface area contributed by atoms with E-state index in [1.54, 1.807) is 0 Å². The van der Waals surface area contributed by atoms with Crippen molar-refractivity contribution in [2.45, 2.75) is 0 Å². The third-order valence-electron chi connectivity index (χ3n) is 0. The molecule has 0 saturated carbocycles. The Kier molecular flexibility index (Phi) is 5820. The van der Waals surface area contributed by atoms with E-state index in [4.69, 9.17) is 10.2 Å². The van der Waals surface area contributed by atoms with Crippen molar-refractivity contribution in [3.63, 3.8) is 0 Å². The zero-order chi connectivity index (χ0) is 4.00. The van der Waals surface area contributed by atoms with Crippen molar-refractivity contribution in [2.75, 3.05) is 14.2 Å². The predicted molar refractivity (Wildman–Crippen MR) is 21.3 cm³/mol. The van der Waals surface area contributed by atoms with Crippen LogP contribution in [0.25, 0.3) is 0 Å². The molecule has 0 rings (SSSR count). The van der Waals surface area contributed by atoms with Gasteiger partial charge in [0.15, 0.2) is 0 Å². The molecule has 0 bridgehead atoms. The van der Waals surface area contributed by atoms with Crippen molar-refractivity contribution >= 4 is 0 Å². The zero-order valence-corrected chi connectivity index (χ0v) is 5.77. The smallest absolute Gasteiger partial charge is 0.0319 e. The average molecular weight is 152 g/mol. The van der Waals surface area contributed by atoms with E-state index in [2.05, 4.69) is 0 Å². The minimum atomic E-state index is 0. The second-order valence-corrected chi connectivity index (χ2v) is 0. The molecule has 0 atom stereocenters.